The van der Waals surface area contributed by atoms with Gasteiger partial charge in [0.15, 0.2) is 5.82 Å². The Morgan fingerprint density at radius 1 is 1.29 bits per heavy atom. The lowest BCUT2D eigenvalue weighted by atomic mass is 10.1. The van der Waals surface area contributed by atoms with Crippen LogP contribution in [0.2, 0.25) is 0 Å². The molecule has 0 amide bonds. The van der Waals surface area contributed by atoms with E-state index in [1.165, 1.54) is 12.8 Å². The quantitative estimate of drug-likeness (QED) is 0.905. The summed E-state index contributed by atoms with van der Waals surface area (Å²) in [6.45, 7) is 4.47. The van der Waals surface area contributed by atoms with Gasteiger partial charge in [0.25, 0.3) is 5.88 Å². The molecule has 0 saturated heterocycles. The number of halogens is 1. The van der Waals surface area contributed by atoms with Gasteiger partial charge in [-0.25, -0.2) is 9.37 Å². The number of nitrogens with zero attached hydrogens (tertiary/aromatic N) is 1. The molecule has 110 valence electrons. The molecule has 0 bridgehead atoms. The highest BCUT2D eigenvalue weighted by Crippen LogP contribution is 2.28. The molecule has 1 N–H and O–H groups in total. The van der Waals surface area contributed by atoms with E-state index in [9.17, 15) is 4.39 Å². The first-order valence-corrected chi connectivity index (χ1v) is 7.25. The Kier molecular flexibility index (Phi) is 3.88. The zero-order valence-electron chi connectivity index (χ0n) is 12.3. The van der Waals surface area contributed by atoms with Crippen LogP contribution in [0.5, 0.6) is 11.6 Å². The van der Waals surface area contributed by atoms with Crippen LogP contribution in [-0.2, 0) is 6.54 Å². The number of rotatable bonds is 5. The third-order valence-corrected chi connectivity index (χ3v) is 3.63. The summed E-state index contributed by atoms with van der Waals surface area (Å²) in [5.74, 6) is 0.293. The van der Waals surface area contributed by atoms with Crippen molar-refractivity contribution in [3.05, 3.63) is 53.0 Å². The largest absolute Gasteiger partial charge is 0.436 e. The number of aryl methyl sites for hydroxylation is 2. The number of hydrogen-bond acceptors (Lipinski definition) is 3. The fourth-order valence-corrected chi connectivity index (χ4v) is 2.23. The number of hydrogen-bond donors (Lipinski definition) is 1. The fraction of sp³-hybridized carbons (Fsp3) is 0.353. The average Bonchev–Trinajstić information content (AvgIpc) is 3.27. The van der Waals surface area contributed by atoms with Crippen molar-refractivity contribution >= 4 is 0 Å². The second-order valence-electron chi connectivity index (χ2n) is 5.62. The van der Waals surface area contributed by atoms with Crippen molar-refractivity contribution in [2.75, 3.05) is 0 Å². The van der Waals surface area contributed by atoms with Gasteiger partial charge in [-0.1, -0.05) is 17.7 Å². The van der Waals surface area contributed by atoms with Crippen LogP contribution in [0, 0.1) is 19.7 Å². The molecule has 21 heavy (non-hydrogen) atoms. The molecule has 1 aromatic heterocycles. The summed E-state index contributed by atoms with van der Waals surface area (Å²) in [5.41, 5.74) is 2.71. The Morgan fingerprint density at radius 2 is 2.10 bits per heavy atom. The first-order chi connectivity index (χ1) is 10.1. The van der Waals surface area contributed by atoms with Gasteiger partial charge in [-0.15, -0.1) is 0 Å². The van der Waals surface area contributed by atoms with Gasteiger partial charge in [0.2, 0.25) is 0 Å². The molecule has 1 saturated carbocycles. The first-order valence-electron chi connectivity index (χ1n) is 7.25. The number of ether oxygens (including phenoxy) is 1. The van der Waals surface area contributed by atoms with Gasteiger partial charge in [-0.05, 0) is 44.4 Å². The van der Waals surface area contributed by atoms with Crippen molar-refractivity contribution in [1.82, 2.24) is 10.3 Å². The van der Waals surface area contributed by atoms with Crippen LogP contribution < -0.4 is 10.1 Å². The lowest BCUT2D eigenvalue weighted by molar-refractivity contribution is 0.415. The minimum absolute atomic E-state index is 0.0389. The van der Waals surface area contributed by atoms with E-state index < -0.39 is 0 Å². The lowest BCUT2D eigenvalue weighted by Crippen LogP contribution is -2.16. The Balaban J connectivity index is 1.79. The summed E-state index contributed by atoms with van der Waals surface area (Å²) in [7, 11) is 0. The maximum atomic E-state index is 14.4. The minimum Gasteiger partial charge on any atom is -0.436 e. The Morgan fingerprint density at radius 3 is 2.81 bits per heavy atom. The number of aromatic nitrogens is 1. The zero-order valence-corrected chi connectivity index (χ0v) is 12.3. The summed E-state index contributed by atoms with van der Waals surface area (Å²) >= 11 is 0. The maximum Gasteiger partial charge on any atom is 0.256 e. The highest BCUT2D eigenvalue weighted by molar-refractivity contribution is 5.38. The molecule has 1 aromatic carbocycles. The van der Waals surface area contributed by atoms with E-state index in [2.05, 4.69) is 10.3 Å². The molecule has 1 aliphatic rings. The van der Waals surface area contributed by atoms with Crippen molar-refractivity contribution in [3.8, 4) is 11.6 Å². The normalized spacial score (nSPS) is 14.2. The highest BCUT2D eigenvalue weighted by atomic mass is 19.1. The number of benzene rings is 1. The molecule has 4 heteroatoms. The molecular formula is C17H19FN2O. The monoisotopic (exact) mass is 286 g/mol. The van der Waals surface area contributed by atoms with Gasteiger partial charge in [0, 0.05) is 24.3 Å². The predicted octanol–water partition coefficient (Wildman–Crippen LogP) is 3.88. The maximum absolute atomic E-state index is 14.4. The van der Waals surface area contributed by atoms with Crippen molar-refractivity contribution < 1.29 is 9.13 Å². The molecule has 1 aliphatic carbocycles. The molecule has 3 nitrogen and oxygen atoms in total. The lowest BCUT2D eigenvalue weighted by Gasteiger charge is -2.11. The minimum atomic E-state index is -0.384. The standard InChI is InChI=1S/C17H19FN2O/c1-11-3-6-15(12(2)9-11)21-17-16(18)13(7-8-19-17)10-20-14-4-5-14/h3,6-9,14,20H,4-5,10H2,1-2H3. The highest BCUT2D eigenvalue weighted by Gasteiger charge is 2.21. The third kappa shape index (κ3) is 3.39. The molecule has 2 aromatic rings. The SMILES string of the molecule is Cc1ccc(Oc2nccc(CNC3CC3)c2F)c(C)c1. The van der Waals surface area contributed by atoms with E-state index >= 15 is 0 Å². The molecule has 0 spiro atoms. The van der Waals surface area contributed by atoms with Gasteiger partial charge in [0.1, 0.15) is 5.75 Å². The smallest absolute Gasteiger partial charge is 0.256 e. The Hall–Kier alpha value is -1.94. The first kappa shape index (κ1) is 14.0. The van der Waals surface area contributed by atoms with Crippen LogP contribution in [0.15, 0.2) is 30.5 Å². The van der Waals surface area contributed by atoms with Crippen LogP contribution in [0.1, 0.15) is 29.5 Å². The Labute approximate surface area is 124 Å². The number of nitrogens with one attached hydrogen (secondary N) is 1. The summed E-state index contributed by atoms with van der Waals surface area (Å²) in [6, 6.07) is 8.03. The van der Waals surface area contributed by atoms with E-state index in [1.807, 2.05) is 32.0 Å². The van der Waals surface area contributed by atoms with Crippen molar-refractivity contribution in [2.45, 2.75) is 39.3 Å². The van der Waals surface area contributed by atoms with Gasteiger partial charge in [-0.2, -0.15) is 0 Å². The summed E-state index contributed by atoms with van der Waals surface area (Å²) in [5, 5.41) is 3.30. The summed E-state index contributed by atoms with van der Waals surface area (Å²) in [4.78, 5) is 4.02. The average molecular weight is 286 g/mol. The van der Waals surface area contributed by atoms with E-state index in [-0.39, 0.29) is 11.7 Å². The van der Waals surface area contributed by atoms with Gasteiger partial charge in [0.05, 0.1) is 0 Å². The molecule has 0 unspecified atom stereocenters. The van der Waals surface area contributed by atoms with E-state index in [4.69, 9.17) is 4.74 Å². The molecule has 0 atom stereocenters. The topological polar surface area (TPSA) is 34.1 Å². The summed E-state index contributed by atoms with van der Waals surface area (Å²) < 4.78 is 20.1. The van der Waals surface area contributed by atoms with Crippen LogP contribution in [0.3, 0.4) is 0 Å². The van der Waals surface area contributed by atoms with Crippen molar-refractivity contribution in [3.63, 3.8) is 0 Å². The van der Waals surface area contributed by atoms with Gasteiger partial charge < -0.3 is 10.1 Å². The molecule has 0 aliphatic heterocycles. The fourth-order valence-electron chi connectivity index (χ4n) is 2.23. The van der Waals surface area contributed by atoms with Gasteiger partial charge in [-0.3, -0.25) is 0 Å². The van der Waals surface area contributed by atoms with Crippen LogP contribution in [0.4, 0.5) is 4.39 Å². The third-order valence-electron chi connectivity index (χ3n) is 3.63. The molecular weight excluding hydrogens is 267 g/mol. The van der Waals surface area contributed by atoms with Crippen LogP contribution in [0.25, 0.3) is 0 Å². The van der Waals surface area contributed by atoms with E-state index in [0.717, 1.165) is 11.1 Å². The molecule has 1 fully saturated rings. The predicted molar refractivity (Wildman–Crippen MR) is 80.0 cm³/mol. The zero-order chi connectivity index (χ0) is 14.8. The van der Waals surface area contributed by atoms with Crippen molar-refractivity contribution in [1.29, 1.82) is 0 Å². The summed E-state index contributed by atoms with van der Waals surface area (Å²) in [6.07, 6.45) is 3.95. The Bertz CT molecular complexity index is 653. The molecule has 3 rings (SSSR count). The van der Waals surface area contributed by atoms with Crippen LogP contribution in [-0.4, -0.2) is 11.0 Å². The van der Waals surface area contributed by atoms with Crippen molar-refractivity contribution in [2.24, 2.45) is 0 Å². The molecule has 1 heterocycles. The molecule has 0 radical (unpaired) electrons. The second-order valence-corrected chi connectivity index (χ2v) is 5.62. The van der Waals surface area contributed by atoms with Crippen LogP contribution >= 0.6 is 0 Å². The van der Waals surface area contributed by atoms with E-state index in [1.54, 1.807) is 12.3 Å². The van der Waals surface area contributed by atoms with E-state index in [0.29, 0.717) is 23.9 Å². The van der Waals surface area contributed by atoms with Gasteiger partial charge >= 0.3 is 0 Å². The second kappa shape index (κ2) is 5.82. The number of pyridine rings is 1.